The van der Waals surface area contributed by atoms with Crippen LogP contribution in [-0.4, -0.2) is 68.5 Å². The number of carbonyl (C=O) groups is 1. The van der Waals surface area contributed by atoms with Gasteiger partial charge in [0, 0.05) is 6.42 Å². The maximum absolute atomic E-state index is 13.0. The Morgan fingerprint density at radius 1 is 0.419 bits per heavy atom. The highest BCUT2D eigenvalue weighted by atomic mass is 31.2. The number of aliphatic hydroxyl groups excluding tert-OH is 1. The summed E-state index contributed by atoms with van der Waals surface area (Å²) in [6, 6.07) is -0.795. The molecule has 2 N–H and O–H groups in total. The van der Waals surface area contributed by atoms with Crippen LogP contribution in [0.2, 0.25) is 0 Å². The monoisotopic (exact) mass is 1070 g/mol. The van der Waals surface area contributed by atoms with E-state index in [2.05, 4.69) is 19.2 Å². The van der Waals surface area contributed by atoms with Crippen molar-refractivity contribution in [3.05, 3.63) is 0 Å². The van der Waals surface area contributed by atoms with Gasteiger partial charge in [0.15, 0.2) is 0 Å². The van der Waals surface area contributed by atoms with Crippen molar-refractivity contribution in [3.63, 3.8) is 0 Å². The Morgan fingerprint density at radius 3 is 0.919 bits per heavy atom. The predicted octanol–water partition coefficient (Wildman–Crippen LogP) is 20.1. The van der Waals surface area contributed by atoms with Gasteiger partial charge in [0.25, 0.3) is 7.82 Å². The Balaban J connectivity index is 3.85. The zero-order chi connectivity index (χ0) is 54.2. The van der Waals surface area contributed by atoms with Gasteiger partial charge in [0.2, 0.25) is 5.91 Å². The molecule has 0 aliphatic rings. The van der Waals surface area contributed by atoms with Crippen LogP contribution in [0.25, 0.3) is 0 Å². The van der Waals surface area contributed by atoms with Crippen LogP contribution in [0.4, 0.5) is 0 Å². The van der Waals surface area contributed by atoms with E-state index >= 15 is 0 Å². The van der Waals surface area contributed by atoms with Crippen LogP contribution < -0.4 is 10.2 Å². The second kappa shape index (κ2) is 57.2. The zero-order valence-corrected chi connectivity index (χ0v) is 51.7. The van der Waals surface area contributed by atoms with Gasteiger partial charge in [-0.15, -0.1) is 0 Å². The number of rotatable bonds is 63. The number of unbranched alkanes of at least 4 members (excludes halogenated alkanes) is 50. The molecule has 0 heterocycles. The van der Waals surface area contributed by atoms with Crippen LogP contribution in [0.15, 0.2) is 0 Å². The molecule has 0 spiro atoms. The fraction of sp³-hybridized carbons (Fsp3) is 0.985. The molecule has 0 aromatic carbocycles. The van der Waals surface area contributed by atoms with E-state index in [0.717, 1.165) is 38.5 Å². The minimum Gasteiger partial charge on any atom is -0.756 e. The van der Waals surface area contributed by atoms with Crippen molar-refractivity contribution in [1.29, 1.82) is 0 Å². The zero-order valence-electron chi connectivity index (χ0n) is 50.8. The number of phosphoric acid groups is 1. The topological polar surface area (TPSA) is 108 Å². The molecule has 1 amide bonds. The maximum atomic E-state index is 13.0. The first-order valence-electron chi connectivity index (χ1n) is 33.4. The molecule has 0 rings (SSSR count). The third-order valence-electron chi connectivity index (χ3n) is 15.8. The summed E-state index contributed by atoms with van der Waals surface area (Å²) in [6.07, 6.45) is 70.4. The van der Waals surface area contributed by atoms with Crippen molar-refractivity contribution < 1.29 is 32.9 Å². The van der Waals surface area contributed by atoms with E-state index in [0.29, 0.717) is 23.9 Å². The van der Waals surface area contributed by atoms with Crippen molar-refractivity contribution in [2.45, 2.75) is 373 Å². The van der Waals surface area contributed by atoms with Crippen LogP contribution in [0.1, 0.15) is 361 Å². The molecule has 0 aromatic rings. The summed E-state index contributed by atoms with van der Waals surface area (Å²) in [5.74, 6) is -0.155. The first-order chi connectivity index (χ1) is 36.0. The molecule has 0 fully saturated rings. The van der Waals surface area contributed by atoms with Gasteiger partial charge in [0.05, 0.1) is 39.9 Å². The van der Waals surface area contributed by atoms with Gasteiger partial charge in [-0.3, -0.25) is 9.36 Å². The number of hydrogen-bond acceptors (Lipinski definition) is 6. The van der Waals surface area contributed by atoms with Crippen LogP contribution in [0.5, 0.6) is 0 Å². The normalized spacial score (nSPS) is 13.7. The fourth-order valence-corrected chi connectivity index (χ4v) is 11.4. The molecule has 0 aliphatic carbocycles. The molecule has 9 heteroatoms. The molecule has 74 heavy (non-hydrogen) atoms. The van der Waals surface area contributed by atoms with Crippen LogP contribution in [0, 0.1) is 0 Å². The number of phosphoric ester groups is 1. The summed E-state index contributed by atoms with van der Waals surface area (Å²) >= 11 is 0. The van der Waals surface area contributed by atoms with Crippen molar-refractivity contribution in [2.75, 3.05) is 40.9 Å². The number of quaternary nitrogens is 1. The fourth-order valence-electron chi connectivity index (χ4n) is 10.6. The number of nitrogens with zero attached hydrogens (tertiary/aromatic N) is 1. The van der Waals surface area contributed by atoms with Crippen LogP contribution in [-0.2, 0) is 18.4 Å². The van der Waals surface area contributed by atoms with Crippen molar-refractivity contribution in [2.24, 2.45) is 0 Å². The van der Waals surface area contributed by atoms with E-state index in [4.69, 9.17) is 9.05 Å². The van der Waals surface area contributed by atoms with Crippen molar-refractivity contribution >= 4 is 13.7 Å². The number of hydrogen-bond donors (Lipinski definition) is 2. The molecule has 0 aliphatic heterocycles. The number of aliphatic hydroxyl groups is 1. The minimum atomic E-state index is -4.57. The molecule has 444 valence electrons. The van der Waals surface area contributed by atoms with E-state index in [1.807, 2.05) is 21.1 Å². The molecule has 0 saturated heterocycles. The lowest BCUT2D eigenvalue weighted by molar-refractivity contribution is -0.870. The van der Waals surface area contributed by atoms with Gasteiger partial charge >= 0.3 is 0 Å². The molecule has 0 radical (unpaired) electrons. The third-order valence-corrected chi connectivity index (χ3v) is 16.8. The molecule has 8 nitrogen and oxygen atoms in total. The highest BCUT2D eigenvalue weighted by Gasteiger charge is 2.24. The summed E-state index contributed by atoms with van der Waals surface area (Å²) in [5.41, 5.74) is 0. The van der Waals surface area contributed by atoms with Crippen LogP contribution >= 0.6 is 7.82 Å². The summed E-state index contributed by atoms with van der Waals surface area (Å²) in [6.45, 7) is 4.78. The Labute approximate surface area is 463 Å². The molecule has 3 atom stereocenters. The summed E-state index contributed by atoms with van der Waals surface area (Å²) in [7, 11) is 1.33. The predicted molar refractivity (Wildman–Crippen MR) is 321 cm³/mol. The van der Waals surface area contributed by atoms with E-state index in [1.54, 1.807) is 0 Å². The molecule has 3 unspecified atom stereocenters. The number of carbonyl (C=O) groups excluding carboxylic acids is 1. The number of nitrogens with one attached hydrogen (secondary N) is 1. The van der Waals surface area contributed by atoms with Gasteiger partial charge in [-0.05, 0) is 12.8 Å². The molecular formula is C65H133N2O6P. The molecular weight excluding hydrogens is 936 g/mol. The highest BCUT2D eigenvalue weighted by molar-refractivity contribution is 7.45. The van der Waals surface area contributed by atoms with E-state index in [1.165, 1.54) is 295 Å². The quantitative estimate of drug-likeness (QED) is 0.0357. The lowest BCUT2D eigenvalue weighted by Crippen LogP contribution is -2.46. The van der Waals surface area contributed by atoms with Crippen LogP contribution in [0.3, 0.4) is 0 Å². The molecule has 0 saturated carbocycles. The van der Waals surface area contributed by atoms with E-state index < -0.39 is 20.0 Å². The van der Waals surface area contributed by atoms with Crippen molar-refractivity contribution in [3.8, 4) is 0 Å². The Kier molecular flexibility index (Phi) is 56.8. The summed E-state index contributed by atoms with van der Waals surface area (Å²) in [4.78, 5) is 25.6. The Bertz CT molecular complexity index is 1170. The molecule has 0 aromatic heterocycles. The number of amides is 1. The van der Waals surface area contributed by atoms with Gasteiger partial charge < -0.3 is 28.8 Å². The third kappa shape index (κ3) is 59.2. The first-order valence-corrected chi connectivity index (χ1v) is 34.8. The van der Waals surface area contributed by atoms with Gasteiger partial charge in [-0.1, -0.05) is 341 Å². The lowest BCUT2D eigenvalue weighted by atomic mass is 10.0. The molecule has 0 bridgehead atoms. The smallest absolute Gasteiger partial charge is 0.268 e. The minimum absolute atomic E-state index is 0.0166. The Morgan fingerprint density at radius 2 is 0.662 bits per heavy atom. The van der Waals surface area contributed by atoms with Gasteiger partial charge in [0.1, 0.15) is 13.2 Å². The van der Waals surface area contributed by atoms with Crippen molar-refractivity contribution in [1.82, 2.24) is 5.32 Å². The largest absolute Gasteiger partial charge is 0.756 e. The van der Waals surface area contributed by atoms with Gasteiger partial charge in [-0.2, -0.15) is 0 Å². The second-order valence-corrected chi connectivity index (χ2v) is 26.0. The standard InChI is InChI=1S/C65H133N2O6P/c1-6-8-10-12-14-16-18-20-22-23-24-25-26-27-28-29-30-31-32-33-34-35-36-37-38-39-40-41-42-43-45-47-49-51-53-55-57-59-65(69)66-63(62-73-74(70,71)72-61-60-67(3,4)5)64(68)58-56-54-52-50-48-46-44-21-19-17-15-13-11-9-7-2/h63-64,68H,6-62H2,1-5H3,(H-,66,69,70,71). The SMILES string of the molecule is CCCCCCCCCCCCCCCCCCCCCCCCCCCCCCCCCCCCCCCC(=O)NC(COP(=O)([O-])OCC[N+](C)(C)C)C(O)CCCCCCCCCCCCCCCCC. The van der Waals surface area contributed by atoms with Gasteiger partial charge in [-0.25, -0.2) is 0 Å². The summed E-state index contributed by atoms with van der Waals surface area (Å²) in [5, 5.41) is 14.0. The lowest BCUT2D eigenvalue weighted by Gasteiger charge is -2.30. The second-order valence-electron chi connectivity index (χ2n) is 24.5. The highest BCUT2D eigenvalue weighted by Crippen LogP contribution is 2.38. The first kappa shape index (κ1) is 73.5. The average molecular weight is 1070 g/mol. The van der Waals surface area contributed by atoms with E-state index in [-0.39, 0.29) is 19.1 Å². The van der Waals surface area contributed by atoms with E-state index in [9.17, 15) is 19.4 Å². The Hall–Kier alpha value is -0.500. The summed E-state index contributed by atoms with van der Waals surface area (Å²) < 4.78 is 23.4. The average Bonchev–Trinajstić information content (AvgIpc) is 3.36. The number of likely N-dealkylation sites (N-methyl/N-ethyl adjacent to an activating group) is 1. The maximum Gasteiger partial charge on any atom is 0.268 e.